The Labute approximate surface area is 121 Å². The quantitative estimate of drug-likeness (QED) is 0.819. The summed E-state index contributed by atoms with van der Waals surface area (Å²) in [5, 5.41) is 18.7. The molecule has 21 heavy (non-hydrogen) atoms. The topological polar surface area (TPSA) is 102 Å². The van der Waals surface area contributed by atoms with Gasteiger partial charge in [0.25, 0.3) is 5.91 Å². The average Bonchev–Trinajstić information content (AvgIpc) is 3.07. The first-order valence-corrected chi connectivity index (χ1v) is 6.57. The Bertz CT molecular complexity index is 644. The lowest BCUT2D eigenvalue weighted by atomic mass is 10.3. The van der Waals surface area contributed by atoms with E-state index in [4.69, 9.17) is 5.11 Å². The van der Waals surface area contributed by atoms with Crippen molar-refractivity contribution in [2.24, 2.45) is 0 Å². The van der Waals surface area contributed by atoms with E-state index in [0.29, 0.717) is 18.8 Å². The second-order valence-corrected chi connectivity index (χ2v) is 4.82. The summed E-state index contributed by atoms with van der Waals surface area (Å²) in [6.07, 6.45) is 3.18. The van der Waals surface area contributed by atoms with Gasteiger partial charge in [-0.2, -0.15) is 0 Å². The molecule has 8 heteroatoms. The van der Waals surface area contributed by atoms with Gasteiger partial charge in [-0.25, -0.2) is 9.48 Å². The molecule has 8 nitrogen and oxygen atoms in total. The van der Waals surface area contributed by atoms with Gasteiger partial charge in [0.2, 0.25) is 0 Å². The molecule has 0 radical (unpaired) electrons. The van der Waals surface area contributed by atoms with Crippen molar-refractivity contribution in [1.82, 2.24) is 24.9 Å². The number of aromatic nitrogens is 4. The van der Waals surface area contributed by atoms with Crippen LogP contribution in [0.5, 0.6) is 0 Å². The highest BCUT2D eigenvalue weighted by Gasteiger charge is 2.12. The molecule has 0 unspecified atom stereocenters. The van der Waals surface area contributed by atoms with Crippen molar-refractivity contribution < 1.29 is 14.7 Å². The number of rotatable bonds is 6. The largest absolute Gasteiger partial charge is 0.476 e. The van der Waals surface area contributed by atoms with Crippen LogP contribution in [0.2, 0.25) is 0 Å². The third kappa shape index (κ3) is 3.47. The Morgan fingerprint density at radius 1 is 1.43 bits per heavy atom. The van der Waals surface area contributed by atoms with Gasteiger partial charge in [-0.1, -0.05) is 5.21 Å². The molecule has 2 aromatic rings. The van der Waals surface area contributed by atoms with Gasteiger partial charge in [-0.05, 0) is 26.0 Å². The highest BCUT2D eigenvalue weighted by Crippen LogP contribution is 2.10. The second-order valence-electron chi connectivity index (χ2n) is 4.82. The molecule has 112 valence electrons. The lowest BCUT2D eigenvalue weighted by Gasteiger charge is -2.12. The van der Waals surface area contributed by atoms with Crippen LogP contribution >= 0.6 is 0 Å². The first kappa shape index (κ1) is 14.8. The van der Waals surface area contributed by atoms with Crippen LogP contribution in [0.15, 0.2) is 24.5 Å². The third-order valence-corrected chi connectivity index (χ3v) is 2.95. The molecule has 2 aromatic heterocycles. The molecule has 2 heterocycles. The zero-order chi connectivity index (χ0) is 15.4. The van der Waals surface area contributed by atoms with Gasteiger partial charge in [-0.3, -0.25) is 4.79 Å². The SMILES string of the molecule is CC(C)n1cccc1C(=O)NCCn1cc(C(=O)O)nn1. The maximum Gasteiger partial charge on any atom is 0.358 e. The number of aromatic carboxylic acids is 1. The van der Waals surface area contributed by atoms with Crippen LogP contribution in [-0.4, -0.2) is 43.1 Å². The van der Waals surface area contributed by atoms with E-state index >= 15 is 0 Å². The predicted molar refractivity (Wildman–Crippen MR) is 74.1 cm³/mol. The van der Waals surface area contributed by atoms with Crippen molar-refractivity contribution in [2.45, 2.75) is 26.4 Å². The lowest BCUT2D eigenvalue weighted by molar-refractivity contribution is 0.0690. The van der Waals surface area contributed by atoms with E-state index in [9.17, 15) is 9.59 Å². The fourth-order valence-corrected chi connectivity index (χ4v) is 1.92. The molecule has 0 saturated heterocycles. The van der Waals surface area contributed by atoms with Crippen molar-refractivity contribution in [1.29, 1.82) is 0 Å². The van der Waals surface area contributed by atoms with Crippen molar-refractivity contribution in [3.05, 3.63) is 35.9 Å². The standard InChI is InChI=1S/C13H17N5O3/c1-9(2)18-6-3-4-11(18)12(19)14-5-7-17-8-10(13(20)21)15-16-17/h3-4,6,8-9H,5,7H2,1-2H3,(H,14,19)(H,20,21). The highest BCUT2D eigenvalue weighted by molar-refractivity contribution is 5.92. The molecule has 0 saturated carbocycles. The molecule has 0 aromatic carbocycles. The Morgan fingerprint density at radius 2 is 2.19 bits per heavy atom. The van der Waals surface area contributed by atoms with Gasteiger partial charge in [0.05, 0.1) is 12.7 Å². The van der Waals surface area contributed by atoms with Crippen LogP contribution in [0.4, 0.5) is 0 Å². The summed E-state index contributed by atoms with van der Waals surface area (Å²) in [5.74, 6) is -1.30. The molecular weight excluding hydrogens is 274 g/mol. The van der Waals surface area contributed by atoms with E-state index in [1.165, 1.54) is 10.9 Å². The first-order chi connectivity index (χ1) is 9.99. The third-order valence-electron chi connectivity index (χ3n) is 2.95. The van der Waals surface area contributed by atoms with Crippen LogP contribution in [0.1, 0.15) is 40.9 Å². The van der Waals surface area contributed by atoms with Crippen molar-refractivity contribution in [2.75, 3.05) is 6.54 Å². The molecule has 0 spiro atoms. The van der Waals surface area contributed by atoms with E-state index in [2.05, 4.69) is 15.6 Å². The van der Waals surface area contributed by atoms with E-state index in [-0.39, 0.29) is 17.6 Å². The van der Waals surface area contributed by atoms with Crippen LogP contribution < -0.4 is 5.32 Å². The lowest BCUT2D eigenvalue weighted by Crippen LogP contribution is -2.29. The number of nitrogens with zero attached hydrogens (tertiary/aromatic N) is 4. The molecule has 0 bridgehead atoms. The van der Waals surface area contributed by atoms with Gasteiger partial charge in [0.1, 0.15) is 5.69 Å². The number of carbonyl (C=O) groups is 2. The summed E-state index contributed by atoms with van der Waals surface area (Å²) < 4.78 is 3.26. The zero-order valence-corrected chi connectivity index (χ0v) is 11.9. The minimum atomic E-state index is -1.12. The Hall–Kier alpha value is -2.64. The Balaban J connectivity index is 1.89. The summed E-state index contributed by atoms with van der Waals surface area (Å²) in [7, 11) is 0. The number of hydrogen-bond acceptors (Lipinski definition) is 4. The molecule has 0 fully saturated rings. The monoisotopic (exact) mass is 291 g/mol. The van der Waals surface area contributed by atoms with Gasteiger partial charge < -0.3 is 15.0 Å². The Morgan fingerprint density at radius 3 is 2.81 bits per heavy atom. The molecule has 0 aliphatic carbocycles. The van der Waals surface area contributed by atoms with Gasteiger partial charge in [0.15, 0.2) is 5.69 Å². The van der Waals surface area contributed by atoms with Gasteiger partial charge in [0, 0.05) is 18.8 Å². The number of carboxylic acid groups (broad SMARTS) is 1. The summed E-state index contributed by atoms with van der Waals surface area (Å²) in [6, 6.07) is 3.79. The minimum absolute atomic E-state index is 0.116. The molecule has 2 rings (SSSR count). The fourth-order valence-electron chi connectivity index (χ4n) is 1.92. The molecular formula is C13H17N5O3. The average molecular weight is 291 g/mol. The maximum atomic E-state index is 12.1. The van der Waals surface area contributed by atoms with Crippen LogP contribution in [0.25, 0.3) is 0 Å². The van der Waals surface area contributed by atoms with Crippen LogP contribution in [-0.2, 0) is 6.54 Å². The van der Waals surface area contributed by atoms with Crippen molar-refractivity contribution >= 4 is 11.9 Å². The van der Waals surface area contributed by atoms with Crippen molar-refractivity contribution in [3.8, 4) is 0 Å². The molecule has 0 aliphatic rings. The van der Waals surface area contributed by atoms with E-state index in [0.717, 1.165) is 0 Å². The number of amides is 1. The summed E-state index contributed by atoms with van der Waals surface area (Å²) in [4.78, 5) is 22.7. The molecule has 0 aliphatic heterocycles. The van der Waals surface area contributed by atoms with Crippen LogP contribution in [0, 0.1) is 0 Å². The second kappa shape index (κ2) is 6.21. The summed E-state index contributed by atoms with van der Waals surface area (Å²) in [6.45, 7) is 4.69. The Kier molecular flexibility index (Phi) is 4.36. The van der Waals surface area contributed by atoms with Gasteiger partial charge in [-0.15, -0.1) is 5.10 Å². The first-order valence-electron chi connectivity index (χ1n) is 6.57. The maximum absolute atomic E-state index is 12.1. The zero-order valence-electron chi connectivity index (χ0n) is 11.9. The van der Waals surface area contributed by atoms with E-state index in [1.807, 2.05) is 30.7 Å². The molecule has 1 amide bonds. The van der Waals surface area contributed by atoms with Gasteiger partial charge >= 0.3 is 5.97 Å². The van der Waals surface area contributed by atoms with E-state index < -0.39 is 5.97 Å². The minimum Gasteiger partial charge on any atom is -0.476 e. The normalized spacial score (nSPS) is 10.8. The molecule has 0 atom stereocenters. The predicted octanol–water partition coefficient (Wildman–Crippen LogP) is 0.789. The highest BCUT2D eigenvalue weighted by atomic mass is 16.4. The van der Waals surface area contributed by atoms with Crippen LogP contribution in [0.3, 0.4) is 0 Å². The van der Waals surface area contributed by atoms with Crippen molar-refractivity contribution in [3.63, 3.8) is 0 Å². The smallest absolute Gasteiger partial charge is 0.358 e. The number of carboxylic acids is 1. The molecule has 2 N–H and O–H groups in total. The number of carbonyl (C=O) groups excluding carboxylic acids is 1. The summed E-state index contributed by atoms with van der Waals surface area (Å²) in [5.41, 5.74) is 0.477. The number of hydrogen-bond donors (Lipinski definition) is 2. The van der Waals surface area contributed by atoms with E-state index in [1.54, 1.807) is 6.07 Å². The summed E-state index contributed by atoms with van der Waals surface area (Å²) >= 11 is 0. The number of nitrogens with one attached hydrogen (secondary N) is 1. The fraction of sp³-hybridized carbons (Fsp3) is 0.385.